The topological polar surface area (TPSA) is 46.4 Å². The average molecular weight is 313 g/mol. The summed E-state index contributed by atoms with van der Waals surface area (Å²) in [6.07, 6.45) is 4.06. The van der Waals surface area contributed by atoms with Crippen LogP contribution in [-0.2, 0) is 0 Å². The van der Waals surface area contributed by atoms with Gasteiger partial charge in [-0.1, -0.05) is 12.5 Å². The fourth-order valence-corrected chi connectivity index (χ4v) is 3.64. The van der Waals surface area contributed by atoms with Crippen LogP contribution in [0.1, 0.15) is 30.5 Å². The third-order valence-electron chi connectivity index (χ3n) is 5.27. The van der Waals surface area contributed by atoms with E-state index in [1.54, 1.807) is 0 Å². The van der Waals surface area contributed by atoms with Gasteiger partial charge in [-0.15, -0.1) is 0 Å². The first-order valence-corrected chi connectivity index (χ1v) is 8.72. The monoisotopic (exact) mass is 313 g/mol. The highest BCUT2D eigenvalue weighted by molar-refractivity contribution is 5.45. The van der Waals surface area contributed by atoms with Crippen LogP contribution >= 0.6 is 0 Å². The number of aryl methyl sites for hydroxylation is 1. The van der Waals surface area contributed by atoms with Crippen molar-refractivity contribution in [2.75, 3.05) is 51.2 Å². The van der Waals surface area contributed by atoms with Gasteiger partial charge in [-0.25, -0.2) is 4.98 Å². The van der Waals surface area contributed by atoms with Crippen LogP contribution in [-0.4, -0.2) is 67.1 Å². The Bertz CT molecular complexity index is 571. The molecule has 1 aromatic rings. The van der Waals surface area contributed by atoms with E-state index in [1.807, 2.05) is 19.1 Å². The normalized spacial score (nSPS) is 23.7. The Kier molecular flexibility index (Phi) is 5.14. The Labute approximate surface area is 139 Å². The lowest BCUT2D eigenvalue weighted by molar-refractivity contribution is 0.124. The Morgan fingerprint density at radius 2 is 1.96 bits per heavy atom. The molecule has 0 radical (unpaired) electrons. The van der Waals surface area contributed by atoms with Gasteiger partial charge in [0, 0.05) is 38.8 Å². The number of hydrogen-bond acceptors (Lipinski definition) is 5. The van der Waals surface area contributed by atoms with Crippen molar-refractivity contribution < 1.29 is 0 Å². The van der Waals surface area contributed by atoms with Crippen LogP contribution < -0.4 is 4.90 Å². The van der Waals surface area contributed by atoms with E-state index in [9.17, 15) is 0 Å². The summed E-state index contributed by atoms with van der Waals surface area (Å²) in [5, 5.41) is 9.15. The molecular formula is C18H27N5. The maximum atomic E-state index is 9.15. The zero-order chi connectivity index (χ0) is 16.2. The second-order valence-electron chi connectivity index (χ2n) is 6.86. The average Bonchev–Trinajstić information content (AvgIpc) is 2.58. The van der Waals surface area contributed by atoms with Crippen molar-refractivity contribution in [3.8, 4) is 6.07 Å². The lowest BCUT2D eigenvalue weighted by Gasteiger charge is -2.40. The molecule has 0 aliphatic carbocycles. The van der Waals surface area contributed by atoms with Gasteiger partial charge in [-0.3, -0.25) is 4.90 Å². The lowest BCUT2D eigenvalue weighted by atomic mass is 10.0. The SMILES string of the molecule is Cc1ccc(N2CCN(CC3CCCCN3C)CC2)nc1C#N. The quantitative estimate of drug-likeness (QED) is 0.852. The van der Waals surface area contributed by atoms with E-state index in [0.717, 1.165) is 43.6 Å². The molecule has 0 aromatic carbocycles. The number of aromatic nitrogens is 1. The summed E-state index contributed by atoms with van der Waals surface area (Å²) in [7, 11) is 2.26. The minimum Gasteiger partial charge on any atom is -0.354 e. The summed E-state index contributed by atoms with van der Waals surface area (Å²) in [6.45, 7) is 8.54. The molecule has 2 saturated heterocycles. The number of piperazine rings is 1. The Morgan fingerprint density at radius 1 is 1.17 bits per heavy atom. The molecule has 0 N–H and O–H groups in total. The summed E-state index contributed by atoms with van der Waals surface area (Å²) in [6, 6.07) is 6.96. The predicted molar refractivity (Wildman–Crippen MR) is 92.6 cm³/mol. The summed E-state index contributed by atoms with van der Waals surface area (Å²) < 4.78 is 0. The molecule has 1 unspecified atom stereocenters. The van der Waals surface area contributed by atoms with E-state index >= 15 is 0 Å². The van der Waals surface area contributed by atoms with Gasteiger partial charge in [0.15, 0.2) is 0 Å². The molecule has 1 aromatic heterocycles. The number of hydrogen-bond donors (Lipinski definition) is 0. The maximum Gasteiger partial charge on any atom is 0.145 e. The van der Waals surface area contributed by atoms with Gasteiger partial charge in [-0.2, -0.15) is 5.26 Å². The highest BCUT2D eigenvalue weighted by Crippen LogP contribution is 2.19. The molecule has 5 nitrogen and oxygen atoms in total. The Balaban J connectivity index is 1.55. The molecule has 23 heavy (non-hydrogen) atoms. The molecule has 0 spiro atoms. The van der Waals surface area contributed by atoms with Crippen LogP contribution in [0.15, 0.2) is 12.1 Å². The van der Waals surface area contributed by atoms with E-state index in [-0.39, 0.29) is 0 Å². The highest BCUT2D eigenvalue weighted by atomic mass is 15.3. The number of likely N-dealkylation sites (tertiary alicyclic amines) is 1. The lowest BCUT2D eigenvalue weighted by Crippen LogP contribution is -2.52. The maximum absolute atomic E-state index is 9.15. The number of nitriles is 1. The van der Waals surface area contributed by atoms with E-state index in [0.29, 0.717) is 5.69 Å². The van der Waals surface area contributed by atoms with Crippen molar-refractivity contribution in [1.29, 1.82) is 5.26 Å². The molecule has 2 fully saturated rings. The van der Waals surface area contributed by atoms with Crippen LogP contribution in [0, 0.1) is 18.3 Å². The van der Waals surface area contributed by atoms with Crippen molar-refractivity contribution in [2.45, 2.75) is 32.2 Å². The molecular weight excluding hydrogens is 286 g/mol. The van der Waals surface area contributed by atoms with Crippen LogP contribution in [0.2, 0.25) is 0 Å². The number of piperidine rings is 1. The van der Waals surface area contributed by atoms with E-state index < -0.39 is 0 Å². The van der Waals surface area contributed by atoms with Gasteiger partial charge < -0.3 is 9.80 Å². The molecule has 0 saturated carbocycles. The number of likely N-dealkylation sites (N-methyl/N-ethyl adjacent to an activating group) is 1. The third kappa shape index (κ3) is 3.82. The van der Waals surface area contributed by atoms with Gasteiger partial charge in [0.1, 0.15) is 17.6 Å². The van der Waals surface area contributed by atoms with Gasteiger partial charge in [0.25, 0.3) is 0 Å². The minimum absolute atomic E-state index is 0.550. The molecule has 1 atom stereocenters. The Morgan fingerprint density at radius 3 is 2.65 bits per heavy atom. The van der Waals surface area contributed by atoms with Gasteiger partial charge >= 0.3 is 0 Å². The smallest absolute Gasteiger partial charge is 0.145 e. The number of pyridine rings is 1. The second-order valence-corrected chi connectivity index (χ2v) is 6.86. The first-order chi connectivity index (χ1) is 11.2. The number of rotatable bonds is 3. The first kappa shape index (κ1) is 16.2. The number of nitrogens with zero attached hydrogens (tertiary/aromatic N) is 5. The molecule has 3 heterocycles. The van der Waals surface area contributed by atoms with Crippen molar-refractivity contribution in [3.05, 3.63) is 23.4 Å². The zero-order valence-electron chi connectivity index (χ0n) is 14.3. The molecule has 5 heteroatoms. The largest absolute Gasteiger partial charge is 0.354 e. The zero-order valence-corrected chi connectivity index (χ0v) is 14.3. The van der Waals surface area contributed by atoms with Gasteiger partial charge in [0.2, 0.25) is 0 Å². The summed E-state index contributed by atoms with van der Waals surface area (Å²) in [5.74, 6) is 0.946. The van der Waals surface area contributed by atoms with E-state index in [2.05, 4.69) is 32.8 Å². The van der Waals surface area contributed by atoms with E-state index in [1.165, 1.54) is 32.4 Å². The van der Waals surface area contributed by atoms with E-state index in [4.69, 9.17) is 5.26 Å². The molecule has 3 rings (SSSR count). The molecule has 2 aliphatic heterocycles. The molecule has 0 amide bonds. The molecule has 2 aliphatic rings. The van der Waals surface area contributed by atoms with Crippen molar-refractivity contribution in [2.24, 2.45) is 0 Å². The van der Waals surface area contributed by atoms with Crippen molar-refractivity contribution in [1.82, 2.24) is 14.8 Å². The van der Waals surface area contributed by atoms with Gasteiger partial charge in [0.05, 0.1) is 0 Å². The van der Waals surface area contributed by atoms with Crippen molar-refractivity contribution in [3.63, 3.8) is 0 Å². The van der Waals surface area contributed by atoms with Gasteiger partial charge in [-0.05, 0) is 45.0 Å². The summed E-state index contributed by atoms with van der Waals surface area (Å²) >= 11 is 0. The second kappa shape index (κ2) is 7.29. The van der Waals surface area contributed by atoms with Crippen LogP contribution in [0.4, 0.5) is 5.82 Å². The molecule has 124 valence electrons. The van der Waals surface area contributed by atoms with Crippen molar-refractivity contribution >= 4 is 5.82 Å². The van der Waals surface area contributed by atoms with Crippen LogP contribution in [0.25, 0.3) is 0 Å². The highest BCUT2D eigenvalue weighted by Gasteiger charge is 2.24. The van der Waals surface area contributed by atoms with Crippen LogP contribution in [0.3, 0.4) is 0 Å². The Hall–Kier alpha value is -1.64. The summed E-state index contributed by atoms with van der Waals surface area (Å²) in [5.41, 5.74) is 1.50. The minimum atomic E-state index is 0.550. The summed E-state index contributed by atoms with van der Waals surface area (Å²) in [4.78, 5) is 11.9. The predicted octanol–water partition coefficient (Wildman–Crippen LogP) is 1.87. The van der Waals surface area contributed by atoms with Crippen LogP contribution in [0.5, 0.6) is 0 Å². The number of anilines is 1. The fourth-order valence-electron chi connectivity index (χ4n) is 3.64. The third-order valence-corrected chi connectivity index (χ3v) is 5.27. The fraction of sp³-hybridized carbons (Fsp3) is 0.667. The molecule has 0 bridgehead atoms. The first-order valence-electron chi connectivity index (χ1n) is 8.72. The standard InChI is InChI=1S/C18H27N5/c1-15-6-7-18(20-17(15)13-19)23-11-9-22(10-12-23)14-16-5-3-4-8-21(16)2/h6-7,16H,3-5,8-12,14H2,1-2H3.